The minimum Gasteiger partial charge on any atom is -0.455 e. The maximum atomic E-state index is 6.85. The fourth-order valence-electron chi connectivity index (χ4n) is 8.72. The van der Waals surface area contributed by atoms with Crippen LogP contribution < -0.4 is 0 Å². The van der Waals surface area contributed by atoms with E-state index in [4.69, 9.17) is 9.40 Å². The van der Waals surface area contributed by atoms with E-state index >= 15 is 0 Å². The number of benzene rings is 7. The Labute approximate surface area is 355 Å². The quantitative estimate of drug-likeness (QED) is 0.161. The summed E-state index contributed by atoms with van der Waals surface area (Å²) in [6.45, 7) is 23.1. The molecule has 0 fully saturated rings. The largest absolute Gasteiger partial charge is 0.455 e. The molecule has 0 aliphatic rings. The Balaban J connectivity index is 1.20. The second-order valence-electron chi connectivity index (χ2n) is 19.3. The molecule has 9 rings (SSSR count). The molecule has 9 aromatic rings. The molecule has 0 aliphatic carbocycles. The highest BCUT2D eigenvalue weighted by molar-refractivity contribution is 6.10. The Morgan fingerprint density at radius 1 is 0.483 bits per heavy atom. The number of hydrogen-bond acceptors (Lipinski definition) is 2. The zero-order valence-electron chi connectivity index (χ0n) is 36.8. The Hall–Kier alpha value is -6.19. The van der Waals surface area contributed by atoms with Crippen molar-refractivity contribution in [3.63, 3.8) is 0 Å². The van der Waals surface area contributed by atoms with Gasteiger partial charge in [0.2, 0.25) is 0 Å². The third-order valence-corrected chi connectivity index (χ3v) is 12.3. The molecule has 2 aromatic heterocycles. The van der Waals surface area contributed by atoms with Crippen LogP contribution in [-0.2, 0) is 10.8 Å². The van der Waals surface area contributed by atoms with Crippen LogP contribution in [-0.4, -0.2) is 9.55 Å². The Kier molecular flexibility index (Phi) is 9.70. The summed E-state index contributed by atoms with van der Waals surface area (Å²) in [5, 5.41) is 2.19. The molecule has 0 saturated carbocycles. The van der Waals surface area contributed by atoms with Crippen molar-refractivity contribution in [2.75, 3.05) is 0 Å². The molecule has 0 aliphatic heterocycles. The van der Waals surface area contributed by atoms with Gasteiger partial charge in [-0.1, -0.05) is 172 Å². The zero-order chi connectivity index (χ0) is 42.1. The average molecular weight is 785 g/mol. The molecule has 3 heteroatoms. The molecule has 2 heterocycles. The third-order valence-electron chi connectivity index (χ3n) is 12.3. The molecular formula is C57H56N2O. The van der Waals surface area contributed by atoms with Gasteiger partial charge in [0.25, 0.3) is 0 Å². The first-order valence-corrected chi connectivity index (χ1v) is 21.6. The van der Waals surface area contributed by atoms with E-state index in [0.29, 0.717) is 0 Å². The molecule has 0 radical (unpaired) electrons. The predicted molar refractivity (Wildman–Crippen MR) is 256 cm³/mol. The van der Waals surface area contributed by atoms with Crippen LogP contribution in [0.5, 0.6) is 0 Å². The van der Waals surface area contributed by atoms with Crippen LogP contribution in [0.3, 0.4) is 0 Å². The van der Waals surface area contributed by atoms with E-state index in [9.17, 15) is 0 Å². The third kappa shape index (κ3) is 7.04. The second kappa shape index (κ2) is 14.8. The van der Waals surface area contributed by atoms with Crippen molar-refractivity contribution >= 4 is 33.0 Å². The normalized spacial score (nSPS) is 12.5. The van der Waals surface area contributed by atoms with E-state index < -0.39 is 0 Å². The van der Waals surface area contributed by atoms with Gasteiger partial charge in [-0.05, 0) is 121 Å². The maximum Gasteiger partial charge on any atom is 0.149 e. The van der Waals surface area contributed by atoms with Gasteiger partial charge in [0.15, 0.2) is 0 Å². The van der Waals surface area contributed by atoms with Crippen molar-refractivity contribution < 1.29 is 4.42 Å². The van der Waals surface area contributed by atoms with E-state index in [2.05, 4.69) is 219 Å². The van der Waals surface area contributed by atoms with Gasteiger partial charge < -0.3 is 4.42 Å². The summed E-state index contributed by atoms with van der Waals surface area (Å²) < 4.78 is 9.27. The maximum absolute atomic E-state index is 6.85. The molecule has 0 N–H and O–H groups in total. The van der Waals surface area contributed by atoms with Crippen molar-refractivity contribution in [3.8, 4) is 50.5 Å². The summed E-state index contributed by atoms with van der Waals surface area (Å²) in [4.78, 5) is 5.41. The topological polar surface area (TPSA) is 31.0 Å². The number of nitrogens with zero attached hydrogens (tertiary/aromatic N) is 2. The number of fused-ring (bicyclic) bond motifs is 4. The molecule has 0 amide bonds. The lowest BCUT2D eigenvalue weighted by atomic mass is 9.79. The van der Waals surface area contributed by atoms with Gasteiger partial charge in [-0.25, -0.2) is 4.98 Å². The standard InChI is InChI=1S/C57H56N2O/c1-35(2)48-31-42(39-25-23-38(24-26-39)41-29-43(56(5,6)7)34-44(30-41)57(8,9)10)32-49(36(3)4)53(48)59-51-22-15-14-21-50(51)58-55(59)47-20-16-19-46-45-28-27-40(33-52(45)60-54(46)47)37-17-12-11-13-18-37/h11-36H,1-10H3. The minimum absolute atomic E-state index is 0.0593. The Morgan fingerprint density at radius 2 is 1.03 bits per heavy atom. The van der Waals surface area contributed by atoms with Crippen LogP contribution in [0.4, 0.5) is 0 Å². The van der Waals surface area contributed by atoms with E-state index in [1.54, 1.807) is 0 Å². The highest BCUT2D eigenvalue weighted by atomic mass is 16.3. The number of para-hydroxylation sites is 3. The minimum atomic E-state index is 0.0593. The molecule has 0 atom stereocenters. The van der Waals surface area contributed by atoms with Gasteiger partial charge in [0.05, 0.1) is 22.3 Å². The highest BCUT2D eigenvalue weighted by Gasteiger charge is 2.26. The van der Waals surface area contributed by atoms with Crippen LogP contribution in [0.2, 0.25) is 0 Å². The number of furan rings is 1. The lowest BCUT2D eigenvalue weighted by Crippen LogP contribution is -2.16. The van der Waals surface area contributed by atoms with Gasteiger partial charge in [-0.15, -0.1) is 0 Å². The number of rotatable bonds is 7. The first-order valence-electron chi connectivity index (χ1n) is 21.6. The molecular weight excluding hydrogens is 729 g/mol. The van der Waals surface area contributed by atoms with Crippen LogP contribution in [0.15, 0.2) is 150 Å². The predicted octanol–water partition coefficient (Wildman–Crippen LogP) is 16.4. The smallest absolute Gasteiger partial charge is 0.149 e. The van der Waals surface area contributed by atoms with Gasteiger partial charge in [0, 0.05) is 10.8 Å². The first-order chi connectivity index (χ1) is 28.7. The van der Waals surface area contributed by atoms with E-state index in [0.717, 1.165) is 49.9 Å². The molecule has 60 heavy (non-hydrogen) atoms. The molecule has 300 valence electrons. The van der Waals surface area contributed by atoms with Crippen LogP contribution in [0.25, 0.3) is 83.4 Å². The Morgan fingerprint density at radius 3 is 1.63 bits per heavy atom. The molecule has 0 spiro atoms. The summed E-state index contributed by atoms with van der Waals surface area (Å²) in [6, 6.07) is 53.3. The van der Waals surface area contributed by atoms with Crippen molar-refractivity contribution in [3.05, 3.63) is 168 Å². The molecule has 0 unspecified atom stereocenters. The van der Waals surface area contributed by atoms with Crippen molar-refractivity contribution in [1.82, 2.24) is 9.55 Å². The molecule has 0 bridgehead atoms. The van der Waals surface area contributed by atoms with Crippen molar-refractivity contribution in [2.45, 2.75) is 91.9 Å². The van der Waals surface area contributed by atoms with Crippen LogP contribution in [0, 0.1) is 0 Å². The van der Waals surface area contributed by atoms with E-state index in [-0.39, 0.29) is 22.7 Å². The molecule has 7 aromatic carbocycles. The number of imidazole rings is 1. The van der Waals surface area contributed by atoms with Gasteiger partial charge in [-0.3, -0.25) is 4.57 Å². The lowest BCUT2D eigenvalue weighted by Gasteiger charge is -2.26. The van der Waals surface area contributed by atoms with Crippen molar-refractivity contribution in [2.24, 2.45) is 0 Å². The Bertz CT molecular complexity index is 2970. The summed E-state index contributed by atoms with van der Waals surface area (Å²) in [7, 11) is 0. The molecule has 0 saturated heterocycles. The van der Waals surface area contributed by atoms with Crippen LogP contribution in [0.1, 0.15) is 103 Å². The van der Waals surface area contributed by atoms with Crippen LogP contribution >= 0.6 is 0 Å². The number of hydrogen-bond donors (Lipinski definition) is 0. The summed E-state index contributed by atoms with van der Waals surface area (Å²) in [5.41, 5.74) is 18.7. The average Bonchev–Trinajstić information content (AvgIpc) is 3.81. The highest BCUT2D eigenvalue weighted by Crippen LogP contribution is 2.43. The van der Waals surface area contributed by atoms with Gasteiger partial charge >= 0.3 is 0 Å². The second-order valence-corrected chi connectivity index (χ2v) is 19.3. The fraction of sp³-hybridized carbons (Fsp3) is 0.246. The SMILES string of the molecule is CC(C)c1cc(-c2ccc(-c3cc(C(C)(C)C)cc(C(C)(C)C)c3)cc2)cc(C(C)C)c1-n1c(-c2cccc3c2oc2cc(-c4ccccc4)ccc23)nc2ccccc21. The summed E-state index contributed by atoms with van der Waals surface area (Å²) in [6.07, 6.45) is 0. The molecule has 3 nitrogen and oxygen atoms in total. The zero-order valence-corrected chi connectivity index (χ0v) is 36.8. The summed E-state index contributed by atoms with van der Waals surface area (Å²) >= 11 is 0. The van der Waals surface area contributed by atoms with Gasteiger partial charge in [-0.2, -0.15) is 0 Å². The monoisotopic (exact) mass is 784 g/mol. The summed E-state index contributed by atoms with van der Waals surface area (Å²) in [5.74, 6) is 1.39. The number of aromatic nitrogens is 2. The lowest BCUT2D eigenvalue weighted by molar-refractivity contribution is 0.569. The fourth-order valence-corrected chi connectivity index (χ4v) is 8.72. The van der Waals surface area contributed by atoms with E-state index in [1.807, 2.05) is 0 Å². The van der Waals surface area contributed by atoms with E-state index in [1.165, 1.54) is 55.8 Å². The van der Waals surface area contributed by atoms with Gasteiger partial charge in [0.1, 0.15) is 17.0 Å². The first kappa shape index (κ1) is 39.3. The van der Waals surface area contributed by atoms with Crippen molar-refractivity contribution in [1.29, 1.82) is 0 Å².